The van der Waals surface area contributed by atoms with Crippen molar-refractivity contribution in [3.63, 3.8) is 0 Å². The van der Waals surface area contributed by atoms with Gasteiger partial charge in [-0.1, -0.05) is 0 Å². The molecule has 1 aliphatic rings. The highest BCUT2D eigenvalue weighted by atomic mass is 127. The summed E-state index contributed by atoms with van der Waals surface area (Å²) in [5, 5.41) is 17.3. The van der Waals surface area contributed by atoms with Crippen molar-refractivity contribution in [3.8, 4) is 11.5 Å². The first-order valence-corrected chi connectivity index (χ1v) is 12.8. The van der Waals surface area contributed by atoms with Crippen LogP contribution in [0.1, 0.15) is 10.4 Å². The van der Waals surface area contributed by atoms with Gasteiger partial charge in [0.15, 0.2) is 10.7 Å². The van der Waals surface area contributed by atoms with Gasteiger partial charge < -0.3 is 19.4 Å². The Hall–Kier alpha value is -3.62. The molecule has 0 aliphatic carbocycles. The molecule has 0 radical (unpaired) electrons. The summed E-state index contributed by atoms with van der Waals surface area (Å²) in [7, 11) is 0. The maximum atomic E-state index is 12.8. The Bertz CT molecular complexity index is 1500. The molecule has 4 aromatic rings. The number of amides is 1. The van der Waals surface area contributed by atoms with E-state index in [0.29, 0.717) is 54.7 Å². The van der Waals surface area contributed by atoms with Crippen molar-refractivity contribution < 1.29 is 18.9 Å². The molecule has 0 saturated carbocycles. The highest BCUT2D eigenvalue weighted by Gasteiger charge is 2.23. The molecule has 0 atom stereocenters. The predicted molar refractivity (Wildman–Crippen MR) is 152 cm³/mol. The smallest absolute Gasteiger partial charge is 0.293 e. The highest BCUT2D eigenvalue weighted by Crippen LogP contribution is 2.30. The molecule has 3 aromatic carbocycles. The van der Waals surface area contributed by atoms with Crippen molar-refractivity contribution in [1.82, 2.24) is 10.3 Å². The van der Waals surface area contributed by atoms with Crippen molar-refractivity contribution in [2.24, 2.45) is 0 Å². The number of hydrogen-bond acceptors (Lipinski definition) is 8. The second-order valence-corrected chi connectivity index (χ2v) is 9.83. The lowest BCUT2D eigenvalue weighted by Gasteiger charge is -2.28. The summed E-state index contributed by atoms with van der Waals surface area (Å²) in [5.74, 6) is -0.0563. The first kappa shape index (κ1) is 25.0. The third-order valence-electron chi connectivity index (χ3n) is 5.75. The van der Waals surface area contributed by atoms with E-state index in [-0.39, 0.29) is 16.4 Å². The van der Waals surface area contributed by atoms with Crippen LogP contribution in [0, 0.1) is 13.7 Å². The number of carbonyl (C=O) groups excluding carboxylic acids is 1. The second kappa shape index (κ2) is 10.8. The van der Waals surface area contributed by atoms with Gasteiger partial charge in [0.1, 0.15) is 11.2 Å². The second-order valence-electron chi connectivity index (χ2n) is 8.18. The molecule has 2 heterocycles. The molecule has 10 nitrogen and oxygen atoms in total. The number of morpholine rings is 1. The number of oxazole rings is 1. The van der Waals surface area contributed by atoms with Gasteiger partial charge in [-0.05, 0) is 89.4 Å². The fourth-order valence-corrected chi connectivity index (χ4v) is 4.51. The molecular formula is C25H20IN5O5S. The topological polar surface area (TPSA) is 123 Å². The molecule has 2 N–H and O–H groups in total. The van der Waals surface area contributed by atoms with E-state index in [1.165, 1.54) is 6.07 Å². The lowest BCUT2D eigenvalue weighted by Crippen LogP contribution is -2.37. The van der Waals surface area contributed by atoms with E-state index < -0.39 is 10.8 Å². The molecule has 12 heteroatoms. The van der Waals surface area contributed by atoms with Gasteiger partial charge in [-0.3, -0.25) is 20.2 Å². The predicted octanol–water partition coefficient (Wildman–Crippen LogP) is 4.97. The van der Waals surface area contributed by atoms with E-state index in [0.717, 1.165) is 9.13 Å². The Kier molecular flexibility index (Phi) is 7.30. The van der Waals surface area contributed by atoms with Crippen LogP contribution in [0.15, 0.2) is 65.1 Å². The molecular weight excluding hydrogens is 609 g/mol. The molecule has 1 saturated heterocycles. The number of anilines is 2. The molecule has 0 spiro atoms. The molecule has 0 bridgehead atoms. The number of nitro groups is 1. The zero-order valence-corrected chi connectivity index (χ0v) is 22.2. The first-order valence-electron chi connectivity index (χ1n) is 11.3. The lowest BCUT2D eigenvalue weighted by atomic mass is 10.1. The maximum absolute atomic E-state index is 12.8. The van der Waals surface area contributed by atoms with Crippen LogP contribution in [0.2, 0.25) is 0 Å². The van der Waals surface area contributed by atoms with E-state index in [1.807, 2.05) is 29.2 Å². The third kappa shape index (κ3) is 5.70. The van der Waals surface area contributed by atoms with Crippen LogP contribution in [-0.2, 0) is 4.74 Å². The monoisotopic (exact) mass is 629 g/mol. The van der Waals surface area contributed by atoms with Crippen molar-refractivity contribution in [3.05, 3.63) is 79.9 Å². The molecule has 5 rings (SSSR count). The van der Waals surface area contributed by atoms with Gasteiger partial charge >= 0.3 is 0 Å². The van der Waals surface area contributed by atoms with Gasteiger partial charge in [-0.2, -0.15) is 0 Å². The third-order valence-corrected chi connectivity index (χ3v) is 6.67. The van der Waals surface area contributed by atoms with Gasteiger partial charge in [0, 0.05) is 39.5 Å². The van der Waals surface area contributed by atoms with E-state index in [2.05, 4.69) is 38.2 Å². The lowest BCUT2D eigenvalue weighted by molar-refractivity contribution is -0.384. The fraction of sp³-hybridized carbons (Fsp3) is 0.160. The van der Waals surface area contributed by atoms with E-state index in [1.54, 1.807) is 30.3 Å². The van der Waals surface area contributed by atoms with Crippen LogP contribution in [0.25, 0.3) is 22.6 Å². The largest absolute Gasteiger partial charge is 0.436 e. The summed E-state index contributed by atoms with van der Waals surface area (Å²) in [4.78, 5) is 30.4. The number of halogens is 1. The van der Waals surface area contributed by atoms with Gasteiger partial charge in [0.05, 0.1) is 18.1 Å². The van der Waals surface area contributed by atoms with E-state index in [9.17, 15) is 14.9 Å². The number of fused-ring (bicyclic) bond motifs is 1. The quantitative estimate of drug-likeness (QED) is 0.136. The van der Waals surface area contributed by atoms with Gasteiger partial charge in [-0.15, -0.1) is 0 Å². The minimum atomic E-state index is -0.558. The Morgan fingerprint density at radius 1 is 1.08 bits per heavy atom. The van der Waals surface area contributed by atoms with E-state index in [4.69, 9.17) is 21.4 Å². The highest BCUT2D eigenvalue weighted by molar-refractivity contribution is 14.1. The maximum Gasteiger partial charge on any atom is 0.293 e. The molecule has 1 aromatic heterocycles. The number of benzene rings is 3. The van der Waals surface area contributed by atoms with Crippen molar-refractivity contribution >= 4 is 74.0 Å². The molecule has 1 aliphatic heterocycles. The zero-order valence-electron chi connectivity index (χ0n) is 19.3. The Balaban J connectivity index is 1.28. The number of thiocarbonyl (C=S) groups is 1. The standard InChI is InChI=1S/C25H20IN5O5S/c26-17-4-1-15(2-5-17)24-28-19-14-18(6-8-22(19)36-24)27-25(37)29-23(32)16-3-7-20(21(13-16)31(33)34)30-9-11-35-12-10-30/h1-8,13-14H,9-12H2,(H2,27,29,32,37). The van der Waals surface area contributed by atoms with Crippen LogP contribution in [-0.4, -0.2) is 47.2 Å². The number of rotatable bonds is 5. The average molecular weight is 629 g/mol. The zero-order chi connectivity index (χ0) is 25.9. The summed E-state index contributed by atoms with van der Waals surface area (Å²) >= 11 is 7.53. The van der Waals surface area contributed by atoms with Crippen LogP contribution in [0.5, 0.6) is 0 Å². The van der Waals surface area contributed by atoms with Crippen LogP contribution in [0.4, 0.5) is 17.1 Å². The summed E-state index contributed by atoms with van der Waals surface area (Å²) in [6.07, 6.45) is 0. The summed E-state index contributed by atoms with van der Waals surface area (Å²) in [6.45, 7) is 2.07. The number of nitrogens with zero attached hydrogens (tertiary/aromatic N) is 3. The van der Waals surface area contributed by atoms with Gasteiger partial charge in [0.2, 0.25) is 5.89 Å². The Morgan fingerprint density at radius 3 is 2.57 bits per heavy atom. The summed E-state index contributed by atoms with van der Waals surface area (Å²) < 4.78 is 12.3. The fourth-order valence-electron chi connectivity index (χ4n) is 3.94. The molecule has 0 unspecified atom stereocenters. The van der Waals surface area contributed by atoms with Crippen LogP contribution >= 0.6 is 34.8 Å². The van der Waals surface area contributed by atoms with Crippen molar-refractivity contribution in [2.45, 2.75) is 0 Å². The van der Waals surface area contributed by atoms with Crippen molar-refractivity contribution in [1.29, 1.82) is 0 Å². The number of nitro benzene ring substituents is 1. The number of carbonyl (C=O) groups is 1. The molecule has 188 valence electrons. The SMILES string of the molecule is O=C(NC(=S)Nc1ccc2oc(-c3ccc(I)cc3)nc2c1)c1ccc(N2CCOCC2)c([N+](=O)[O-])c1. The van der Waals surface area contributed by atoms with Gasteiger partial charge in [0.25, 0.3) is 11.6 Å². The average Bonchev–Trinajstić information content (AvgIpc) is 3.32. The Morgan fingerprint density at radius 2 is 1.84 bits per heavy atom. The molecule has 37 heavy (non-hydrogen) atoms. The minimum Gasteiger partial charge on any atom is -0.436 e. The van der Waals surface area contributed by atoms with Crippen LogP contribution in [0.3, 0.4) is 0 Å². The van der Waals surface area contributed by atoms with Crippen molar-refractivity contribution in [2.75, 3.05) is 36.5 Å². The Labute approximate surface area is 230 Å². The van der Waals surface area contributed by atoms with Gasteiger partial charge in [-0.25, -0.2) is 4.98 Å². The van der Waals surface area contributed by atoms with Crippen LogP contribution < -0.4 is 15.5 Å². The first-order chi connectivity index (χ1) is 17.9. The number of nitrogens with one attached hydrogen (secondary N) is 2. The summed E-state index contributed by atoms with van der Waals surface area (Å²) in [6, 6.07) is 17.5. The van der Waals surface area contributed by atoms with E-state index >= 15 is 0 Å². The molecule has 1 fully saturated rings. The number of aromatic nitrogens is 1. The minimum absolute atomic E-state index is 0.0469. The molecule has 1 amide bonds. The number of hydrogen-bond donors (Lipinski definition) is 2. The number of ether oxygens (including phenoxy) is 1. The summed E-state index contributed by atoms with van der Waals surface area (Å²) in [5.41, 5.74) is 3.15. The normalized spacial score (nSPS) is 13.4.